The van der Waals surface area contributed by atoms with Gasteiger partial charge in [-0.05, 0) is 31.1 Å². The Hall–Kier alpha value is -0.520. The minimum absolute atomic E-state index is 0.372. The molecule has 0 aromatic carbocycles. The Labute approximate surface area is 82.7 Å². The average molecular weight is 178 g/mol. The molecular weight excluding hydrogens is 156 g/mol. The predicted molar refractivity (Wildman–Crippen MR) is 59.8 cm³/mol. The number of hydrogen-bond donors (Lipinski definition) is 0. The van der Waals surface area contributed by atoms with Gasteiger partial charge in [0.15, 0.2) is 0 Å². The zero-order chi connectivity index (χ0) is 9.90. The molecule has 0 unspecified atom stereocenters. The molecule has 1 aliphatic rings. The van der Waals surface area contributed by atoms with Crippen LogP contribution in [-0.2, 0) is 0 Å². The fourth-order valence-electron chi connectivity index (χ4n) is 1.87. The molecule has 0 atom stereocenters. The molecule has 0 aromatic rings. The van der Waals surface area contributed by atoms with Crippen LogP contribution in [0.1, 0.15) is 53.4 Å². The summed E-state index contributed by atoms with van der Waals surface area (Å²) in [6.45, 7) is 9.20. The highest BCUT2D eigenvalue weighted by atomic mass is 14.2. The van der Waals surface area contributed by atoms with E-state index in [1.807, 2.05) is 0 Å². The second kappa shape index (κ2) is 4.13. The minimum atomic E-state index is 0.372. The summed E-state index contributed by atoms with van der Waals surface area (Å²) in [5.74, 6) is 0. The first-order valence-electron chi connectivity index (χ1n) is 5.41. The standard InChI is InChI=1S/C13H22/c1-5-11-7-6-8-12(10-9-11)13(2,3)4/h7-8H,5-6,9-10H2,1-4H3. The van der Waals surface area contributed by atoms with Gasteiger partial charge in [-0.15, -0.1) is 0 Å². The second-order valence-corrected chi connectivity index (χ2v) is 4.93. The Balaban J connectivity index is 2.63. The third-order valence-corrected chi connectivity index (χ3v) is 2.90. The van der Waals surface area contributed by atoms with E-state index in [1.165, 1.54) is 19.3 Å². The minimum Gasteiger partial charge on any atom is -0.0815 e. The third-order valence-electron chi connectivity index (χ3n) is 2.90. The van der Waals surface area contributed by atoms with Crippen LogP contribution in [0.3, 0.4) is 0 Å². The molecule has 0 heteroatoms. The summed E-state index contributed by atoms with van der Waals surface area (Å²) in [7, 11) is 0. The number of allylic oxidation sites excluding steroid dienone is 4. The Morgan fingerprint density at radius 1 is 1.15 bits per heavy atom. The molecule has 0 amide bonds. The number of rotatable bonds is 1. The molecule has 0 bridgehead atoms. The van der Waals surface area contributed by atoms with E-state index >= 15 is 0 Å². The Morgan fingerprint density at radius 3 is 2.38 bits per heavy atom. The van der Waals surface area contributed by atoms with Gasteiger partial charge in [0.05, 0.1) is 0 Å². The van der Waals surface area contributed by atoms with Crippen molar-refractivity contribution in [3.63, 3.8) is 0 Å². The maximum absolute atomic E-state index is 2.42. The molecule has 0 saturated carbocycles. The number of hydrogen-bond acceptors (Lipinski definition) is 0. The summed E-state index contributed by atoms with van der Waals surface area (Å²) >= 11 is 0. The van der Waals surface area contributed by atoms with Crippen LogP contribution in [0, 0.1) is 5.41 Å². The molecule has 0 N–H and O–H groups in total. The van der Waals surface area contributed by atoms with Gasteiger partial charge in [-0.1, -0.05) is 51.0 Å². The molecule has 0 saturated heterocycles. The van der Waals surface area contributed by atoms with Crippen molar-refractivity contribution in [2.45, 2.75) is 53.4 Å². The highest BCUT2D eigenvalue weighted by molar-refractivity contribution is 5.19. The van der Waals surface area contributed by atoms with Crippen molar-refractivity contribution < 1.29 is 0 Å². The normalized spacial score (nSPS) is 19.1. The summed E-state index contributed by atoms with van der Waals surface area (Å²) in [4.78, 5) is 0. The van der Waals surface area contributed by atoms with E-state index in [4.69, 9.17) is 0 Å². The lowest BCUT2D eigenvalue weighted by Gasteiger charge is -2.22. The van der Waals surface area contributed by atoms with Gasteiger partial charge in [0.25, 0.3) is 0 Å². The lowest BCUT2D eigenvalue weighted by molar-refractivity contribution is 0.481. The molecule has 0 aromatic heterocycles. The Bertz CT molecular complexity index is 223. The lowest BCUT2D eigenvalue weighted by atomic mass is 9.83. The van der Waals surface area contributed by atoms with Crippen LogP contribution in [-0.4, -0.2) is 0 Å². The Morgan fingerprint density at radius 2 is 1.85 bits per heavy atom. The van der Waals surface area contributed by atoms with Crippen molar-refractivity contribution in [3.05, 3.63) is 23.3 Å². The fourth-order valence-corrected chi connectivity index (χ4v) is 1.87. The molecule has 0 radical (unpaired) electrons. The van der Waals surface area contributed by atoms with Gasteiger partial charge in [-0.3, -0.25) is 0 Å². The highest BCUT2D eigenvalue weighted by Crippen LogP contribution is 2.32. The molecular formula is C13H22. The Kier molecular flexibility index (Phi) is 3.35. The quantitative estimate of drug-likeness (QED) is 0.519. The zero-order valence-corrected chi connectivity index (χ0v) is 9.48. The molecule has 1 aliphatic carbocycles. The van der Waals surface area contributed by atoms with Crippen LogP contribution in [0.5, 0.6) is 0 Å². The average Bonchev–Trinajstić information content (AvgIpc) is 2.26. The monoisotopic (exact) mass is 178 g/mol. The van der Waals surface area contributed by atoms with Crippen LogP contribution in [0.25, 0.3) is 0 Å². The van der Waals surface area contributed by atoms with Crippen molar-refractivity contribution in [1.29, 1.82) is 0 Å². The van der Waals surface area contributed by atoms with E-state index in [9.17, 15) is 0 Å². The van der Waals surface area contributed by atoms with Crippen molar-refractivity contribution in [2.75, 3.05) is 0 Å². The van der Waals surface area contributed by atoms with Gasteiger partial charge in [0.2, 0.25) is 0 Å². The molecule has 0 spiro atoms. The summed E-state index contributed by atoms with van der Waals surface area (Å²) in [6.07, 6.45) is 9.74. The van der Waals surface area contributed by atoms with Gasteiger partial charge >= 0.3 is 0 Å². The van der Waals surface area contributed by atoms with Gasteiger partial charge in [-0.25, -0.2) is 0 Å². The van der Waals surface area contributed by atoms with Crippen LogP contribution >= 0.6 is 0 Å². The predicted octanol–water partition coefficient (Wildman–Crippen LogP) is 4.48. The van der Waals surface area contributed by atoms with E-state index in [-0.39, 0.29) is 0 Å². The first-order chi connectivity index (χ1) is 6.04. The van der Waals surface area contributed by atoms with Gasteiger partial charge < -0.3 is 0 Å². The van der Waals surface area contributed by atoms with E-state index in [1.54, 1.807) is 11.1 Å². The molecule has 1 rings (SSSR count). The SMILES string of the molecule is CCC1=CCC=C(C(C)(C)C)CC1. The van der Waals surface area contributed by atoms with E-state index in [0.717, 1.165) is 6.42 Å². The summed E-state index contributed by atoms with van der Waals surface area (Å²) in [5, 5.41) is 0. The third kappa shape index (κ3) is 3.02. The van der Waals surface area contributed by atoms with Gasteiger partial charge in [0, 0.05) is 0 Å². The van der Waals surface area contributed by atoms with Gasteiger partial charge in [0.1, 0.15) is 0 Å². The molecule has 13 heavy (non-hydrogen) atoms. The maximum Gasteiger partial charge on any atom is -0.0164 e. The molecule has 0 nitrogen and oxygen atoms in total. The molecule has 0 heterocycles. The smallest absolute Gasteiger partial charge is 0.0164 e. The zero-order valence-electron chi connectivity index (χ0n) is 9.48. The topological polar surface area (TPSA) is 0 Å². The van der Waals surface area contributed by atoms with Crippen LogP contribution in [0.4, 0.5) is 0 Å². The molecule has 74 valence electrons. The van der Waals surface area contributed by atoms with Crippen LogP contribution in [0.2, 0.25) is 0 Å². The van der Waals surface area contributed by atoms with E-state index in [0.29, 0.717) is 5.41 Å². The van der Waals surface area contributed by atoms with E-state index < -0.39 is 0 Å². The summed E-state index contributed by atoms with van der Waals surface area (Å²) in [6, 6.07) is 0. The lowest BCUT2D eigenvalue weighted by Crippen LogP contribution is -2.09. The molecule has 0 aliphatic heterocycles. The maximum atomic E-state index is 2.42. The van der Waals surface area contributed by atoms with Crippen molar-refractivity contribution in [1.82, 2.24) is 0 Å². The van der Waals surface area contributed by atoms with Crippen LogP contribution < -0.4 is 0 Å². The van der Waals surface area contributed by atoms with Crippen molar-refractivity contribution in [2.24, 2.45) is 5.41 Å². The van der Waals surface area contributed by atoms with Crippen LogP contribution in [0.15, 0.2) is 23.3 Å². The van der Waals surface area contributed by atoms with Crippen molar-refractivity contribution >= 4 is 0 Å². The first kappa shape index (κ1) is 10.6. The second-order valence-electron chi connectivity index (χ2n) is 4.93. The fraction of sp³-hybridized carbons (Fsp3) is 0.692. The summed E-state index contributed by atoms with van der Waals surface area (Å²) < 4.78 is 0. The van der Waals surface area contributed by atoms with E-state index in [2.05, 4.69) is 39.8 Å². The highest BCUT2D eigenvalue weighted by Gasteiger charge is 2.17. The first-order valence-corrected chi connectivity index (χ1v) is 5.41. The van der Waals surface area contributed by atoms with Crippen molar-refractivity contribution in [3.8, 4) is 0 Å². The summed E-state index contributed by atoms with van der Waals surface area (Å²) in [5.41, 5.74) is 3.64. The van der Waals surface area contributed by atoms with Gasteiger partial charge in [-0.2, -0.15) is 0 Å². The molecule has 0 fully saturated rings. The largest absolute Gasteiger partial charge is 0.0815 e.